The predicted octanol–water partition coefficient (Wildman–Crippen LogP) is 3.04. The Bertz CT molecular complexity index is 1040. The van der Waals surface area contributed by atoms with E-state index in [1.54, 1.807) is 31.4 Å². The maximum Gasteiger partial charge on any atom is 0.252 e. The van der Waals surface area contributed by atoms with E-state index in [2.05, 4.69) is 4.99 Å². The molecular formula is C19H18FN3O3S. The average molecular weight is 387 g/mol. The quantitative estimate of drug-likeness (QED) is 0.681. The lowest BCUT2D eigenvalue weighted by molar-refractivity contribution is 0.0998. The summed E-state index contributed by atoms with van der Waals surface area (Å²) in [7, 11) is 1.59. The zero-order valence-electron chi connectivity index (χ0n) is 14.6. The second-order valence-corrected chi connectivity index (χ2v) is 6.54. The molecule has 0 aliphatic heterocycles. The number of benzene rings is 2. The number of nitrogens with two attached hydrogens (primary N) is 1. The van der Waals surface area contributed by atoms with Gasteiger partial charge in [0.2, 0.25) is 0 Å². The number of primary amides is 1. The van der Waals surface area contributed by atoms with E-state index in [0.29, 0.717) is 23.5 Å². The maximum atomic E-state index is 14.0. The molecule has 3 N–H and O–H groups in total. The molecule has 2 aromatic carbocycles. The van der Waals surface area contributed by atoms with Gasteiger partial charge < -0.3 is 20.1 Å². The molecule has 0 atom stereocenters. The van der Waals surface area contributed by atoms with Gasteiger partial charge in [-0.05, 0) is 30.3 Å². The molecule has 140 valence electrons. The Labute approximate surface area is 159 Å². The molecule has 0 saturated carbocycles. The topological polar surface area (TPSA) is 89.8 Å². The van der Waals surface area contributed by atoms with Gasteiger partial charge in [-0.3, -0.25) is 4.79 Å². The lowest BCUT2D eigenvalue weighted by atomic mass is 10.1. The SMILES string of the molecule is COCCn1c(-c2ccc(O)c(C(N)=O)c2)csc1=Nc1ccccc1F. The molecule has 0 radical (unpaired) electrons. The number of rotatable bonds is 6. The third-order valence-electron chi connectivity index (χ3n) is 3.94. The van der Waals surface area contributed by atoms with E-state index in [-0.39, 0.29) is 17.0 Å². The normalized spacial score (nSPS) is 11.7. The van der Waals surface area contributed by atoms with E-state index in [1.807, 2.05) is 9.95 Å². The Morgan fingerprint density at radius 3 is 2.81 bits per heavy atom. The molecule has 0 aliphatic carbocycles. The first-order valence-corrected chi connectivity index (χ1v) is 8.99. The van der Waals surface area contributed by atoms with Crippen LogP contribution >= 0.6 is 11.3 Å². The molecule has 0 spiro atoms. The molecule has 0 saturated heterocycles. The molecule has 3 aromatic rings. The summed E-state index contributed by atoms with van der Waals surface area (Å²) in [4.78, 5) is 16.5. The van der Waals surface area contributed by atoms with Gasteiger partial charge >= 0.3 is 0 Å². The van der Waals surface area contributed by atoms with Gasteiger partial charge in [-0.15, -0.1) is 11.3 Å². The number of hydrogen-bond acceptors (Lipinski definition) is 5. The molecule has 6 nitrogen and oxygen atoms in total. The summed E-state index contributed by atoms with van der Waals surface area (Å²) in [6.45, 7) is 0.907. The van der Waals surface area contributed by atoms with Crippen LogP contribution in [0.25, 0.3) is 11.3 Å². The number of carbonyl (C=O) groups is 1. The number of halogens is 1. The van der Waals surface area contributed by atoms with Crippen molar-refractivity contribution in [3.63, 3.8) is 0 Å². The number of ether oxygens (including phenoxy) is 1. The number of aromatic hydroxyl groups is 1. The number of amides is 1. The van der Waals surface area contributed by atoms with Crippen molar-refractivity contribution in [3.8, 4) is 17.0 Å². The van der Waals surface area contributed by atoms with Gasteiger partial charge in [0.25, 0.3) is 5.91 Å². The van der Waals surface area contributed by atoms with Crippen molar-refractivity contribution >= 4 is 22.9 Å². The number of nitrogens with zero attached hydrogens (tertiary/aromatic N) is 2. The van der Waals surface area contributed by atoms with Crippen LogP contribution in [0.2, 0.25) is 0 Å². The third-order valence-corrected chi connectivity index (χ3v) is 4.81. The molecule has 1 aromatic heterocycles. The van der Waals surface area contributed by atoms with E-state index >= 15 is 0 Å². The van der Waals surface area contributed by atoms with Gasteiger partial charge in [0.1, 0.15) is 17.3 Å². The fraction of sp³-hybridized carbons (Fsp3) is 0.158. The summed E-state index contributed by atoms with van der Waals surface area (Å²) in [5, 5.41) is 11.7. The Hall–Kier alpha value is -2.97. The molecule has 1 heterocycles. The second kappa shape index (κ2) is 8.15. The van der Waals surface area contributed by atoms with E-state index in [9.17, 15) is 14.3 Å². The smallest absolute Gasteiger partial charge is 0.252 e. The number of methoxy groups -OCH3 is 1. The van der Waals surface area contributed by atoms with Crippen LogP contribution in [-0.4, -0.2) is 29.3 Å². The Morgan fingerprint density at radius 1 is 1.33 bits per heavy atom. The van der Waals surface area contributed by atoms with E-state index in [4.69, 9.17) is 10.5 Å². The monoisotopic (exact) mass is 387 g/mol. The molecule has 8 heteroatoms. The van der Waals surface area contributed by atoms with E-state index in [0.717, 1.165) is 5.69 Å². The highest BCUT2D eigenvalue weighted by Crippen LogP contribution is 2.27. The summed E-state index contributed by atoms with van der Waals surface area (Å²) >= 11 is 1.34. The van der Waals surface area contributed by atoms with Crippen LogP contribution in [0, 0.1) is 5.82 Å². The van der Waals surface area contributed by atoms with Crippen LogP contribution < -0.4 is 10.5 Å². The fourth-order valence-electron chi connectivity index (χ4n) is 2.59. The second-order valence-electron chi connectivity index (χ2n) is 5.71. The van der Waals surface area contributed by atoms with Crippen molar-refractivity contribution in [2.24, 2.45) is 10.7 Å². The minimum absolute atomic E-state index is 0.0320. The summed E-state index contributed by atoms with van der Waals surface area (Å²) < 4.78 is 21.0. The average Bonchev–Trinajstić information content (AvgIpc) is 3.04. The van der Waals surface area contributed by atoms with Crippen LogP contribution in [0.4, 0.5) is 10.1 Å². The number of carbonyl (C=O) groups excluding carboxylic acids is 1. The van der Waals surface area contributed by atoms with E-state index in [1.165, 1.54) is 29.5 Å². The van der Waals surface area contributed by atoms with Gasteiger partial charge in [-0.2, -0.15) is 0 Å². The van der Waals surface area contributed by atoms with Crippen LogP contribution in [0.5, 0.6) is 5.75 Å². The van der Waals surface area contributed by atoms with Gasteiger partial charge in [0.15, 0.2) is 4.80 Å². The third kappa shape index (κ3) is 4.07. The summed E-state index contributed by atoms with van der Waals surface area (Å²) in [5.41, 5.74) is 7.03. The standard InChI is InChI=1S/C19H18FN3O3S/c1-26-9-8-23-16(12-6-7-17(24)13(10-12)18(21)25)11-27-19(23)22-15-5-3-2-4-14(15)20/h2-7,10-11,24H,8-9H2,1H3,(H2,21,25). The molecule has 0 fully saturated rings. The minimum Gasteiger partial charge on any atom is -0.507 e. The molecule has 0 aliphatic rings. The minimum atomic E-state index is -0.718. The fourth-order valence-corrected chi connectivity index (χ4v) is 3.53. The van der Waals surface area contributed by atoms with Gasteiger partial charge in [-0.25, -0.2) is 9.38 Å². The zero-order chi connectivity index (χ0) is 19.4. The molecule has 3 rings (SSSR count). The Morgan fingerprint density at radius 2 is 2.11 bits per heavy atom. The predicted molar refractivity (Wildman–Crippen MR) is 101 cm³/mol. The summed E-state index contributed by atoms with van der Waals surface area (Å²) in [6.07, 6.45) is 0. The van der Waals surface area contributed by atoms with Crippen LogP contribution in [0.3, 0.4) is 0 Å². The highest BCUT2D eigenvalue weighted by Gasteiger charge is 2.13. The first-order valence-electron chi connectivity index (χ1n) is 8.11. The van der Waals surface area contributed by atoms with Crippen LogP contribution in [-0.2, 0) is 11.3 Å². The van der Waals surface area contributed by atoms with Crippen LogP contribution in [0.1, 0.15) is 10.4 Å². The van der Waals surface area contributed by atoms with Gasteiger partial charge in [-0.1, -0.05) is 12.1 Å². The number of para-hydroxylation sites is 1. The molecule has 0 bridgehead atoms. The highest BCUT2D eigenvalue weighted by molar-refractivity contribution is 7.07. The van der Waals surface area contributed by atoms with Crippen molar-refractivity contribution in [1.82, 2.24) is 4.57 Å². The number of hydrogen-bond donors (Lipinski definition) is 2. The van der Waals surface area contributed by atoms with Crippen molar-refractivity contribution in [2.45, 2.75) is 6.54 Å². The lowest BCUT2D eigenvalue weighted by Gasteiger charge is -2.10. The summed E-state index contributed by atoms with van der Waals surface area (Å²) in [6, 6.07) is 10.9. The Balaban J connectivity index is 2.15. The summed E-state index contributed by atoms with van der Waals surface area (Å²) in [5.74, 6) is -1.31. The number of thiazole rings is 1. The van der Waals surface area contributed by atoms with Crippen molar-refractivity contribution in [3.05, 3.63) is 64.0 Å². The van der Waals surface area contributed by atoms with Gasteiger partial charge in [0, 0.05) is 24.6 Å². The van der Waals surface area contributed by atoms with Crippen molar-refractivity contribution in [1.29, 1.82) is 0 Å². The maximum absolute atomic E-state index is 14.0. The largest absolute Gasteiger partial charge is 0.507 e. The number of aromatic nitrogens is 1. The molecule has 0 unspecified atom stereocenters. The lowest BCUT2D eigenvalue weighted by Crippen LogP contribution is -2.19. The first-order chi connectivity index (χ1) is 13.0. The van der Waals surface area contributed by atoms with Crippen molar-refractivity contribution in [2.75, 3.05) is 13.7 Å². The van der Waals surface area contributed by atoms with Gasteiger partial charge in [0.05, 0.1) is 17.9 Å². The first kappa shape index (κ1) is 18.8. The molecule has 27 heavy (non-hydrogen) atoms. The van der Waals surface area contributed by atoms with E-state index < -0.39 is 11.7 Å². The highest BCUT2D eigenvalue weighted by atomic mass is 32.1. The molecule has 1 amide bonds. The van der Waals surface area contributed by atoms with Crippen LogP contribution in [0.15, 0.2) is 52.8 Å². The van der Waals surface area contributed by atoms with Crippen molar-refractivity contribution < 1.29 is 19.0 Å². The number of phenols is 1. The Kier molecular flexibility index (Phi) is 5.68. The zero-order valence-corrected chi connectivity index (χ0v) is 15.4. The molecular weight excluding hydrogens is 369 g/mol.